The lowest BCUT2D eigenvalue weighted by molar-refractivity contribution is -0.0366. The predicted molar refractivity (Wildman–Crippen MR) is 140 cm³/mol. The van der Waals surface area contributed by atoms with Crippen molar-refractivity contribution in [2.75, 3.05) is 31.6 Å². The molecule has 8 nitrogen and oxygen atoms in total. The smallest absolute Gasteiger partial charge is 0.347 e. The van der Waals surface area contributed by atoms with Crippen molar-refractivity contribution in [1.29, 1.82) is 0 Å². The van der Waals surface area contributed by atoms with Gasteiger partial charge in [-0.25, -0.2) is 9.48 Å². The van der Waals surface area contributed by atoms with Gasteiger partial charge in [-0.2, -0.15) is 10.1 Å². The third-order valence-electron chi connectivity index (χ3n) is 8.04. The molecule has 3 heterocycles. The molecule has 0 radical (unpaired) electrons. The van der Waals surface area contributed by atoms with Gasteiger partial charge < -0.3 is 20.7 Å². The number of benzene rings is 1. The Labute approximate surface area is 208 Å². The minimum atomic E-state index is -0.420. The van der Waals surface area contributed by atoms with E-state index in [2.05, 4.69) is 20.3 Å². The lowest BCUT2D eigenvalue weighted by Gasteiger charge is -2.33. The topological polar surface area (TPSA) is 97.8 Å². The van der Waals surface area contributed by atoms with Crippen molar-refractivity contribution in [3.63, 3.8) is 0 Å². The van der Waals surface area contributed by atoms with Crippen LogP contribution < -0.4 is 11.1 Å². The lowest BCUT2D eigenvalue weighted by Crippen LogP contribution is -2.42. The molecular weight excluding hydrogens is 440 g/mol. The van der Waals surface area contributed by atoms with Crippen LogP contribution in [0.1, 0.15) is 76.9 Å². The number of carbonyl (C=O) groups excluding carboxylic acids is 1. The number of ether oxygens (including phenoxy) is 1. The van der Waals surface area contributed by atoms with Crippen molar-refractivity contribution in [2.45, 2.75) is 76.9 Å². The highest BCUT2D eigenvalue weighted by Gasteiger charge is 2.25. The molecule has 1 aromatic carbocycles. The Bertz CT molecular complexity index is 1020. The van der Waals surface area contributed by atoms with E-state index >= 15 is 0 Å². The monoisotopic (exact) mass is 480 g/mol. The molecule has 2 aliphatic heterocycles. The van der Waals surface area contributed by atoms with Crippen LogP contribution in [0.25, 0.3) is 10.9 Å². The number of aliphatic imine (C=N–C) groups is 1. The summed E-state index contributed by atoms with van der Waals surface area (Å²) in [6.45, 7) is 3.92. The Balaban J connectivity index is 1.19. The van der Waals surface area contributed by atoms with E-state index in [1.54, 1.807) is 6.20 Å². The highest BCUT2D eigenvalue weighted by Crippen LogP contribution is 2.30. The highest BCUT2D eigenvalue weighted by molar-refractivity contribution is 6.04. The number of hydrogen-bond acceptors (Lipinski definition) is 4. The van der Waals surface area contributed by atoms with Crippen molar-refractivity contribution in [3.05, 3.63) is 24.4 Å². The molecule has 3 N–H and O–H groups in total. The van der Waals surface area contributed by atoms with E-state index in [0.29, 0.717) is 11.5 Å². The van der Waals surface area contributed by atoms with Crippen LogP contribution in [0.4, 0.5) is 10.5 Å². The van der Waals surface area contributed by atoms with Crippen LogP contribution in [0.5, 0.6) is 0 Å². The highest BCUT2D eigenvalue weighted by atomic mass is 16.5. The first kappa shape index (κ1) is 24.3. The summed E-state index contributed by atoms with van der Waals surface area (Å²) in [4.78, 5) is 19.6. The van der Waals surface area contributed by atoms with Gasteiger partial charge in [-0.3, -0.25) is 0 Å². The van der Waals surface area contributed by atoms with E-state index in [9.17, 15) is 4.79 Å². The SMILES string of the molecule is N/C(=N\C(=O)Nc1cccc2c1cnn2C1CCCCO1)C1CCCN(CCC2CCCCC2)C1. The van der Waals surface area contributed by atoms with Gasteiger partial charge in [-0.05, 0) is 69.7 Å². The molecule has 1 saturated carbocycles. The van der Waals surface area contributed by atoms with Gasteiger partial charge in [-0.1, -0.05) is 38.2 Å². The summed E-state index contributed by atoms with van der Waals surface area (Å²) in [6, 6.07) is 5.40. The molecule has 1 aliphatic carbocycles. The quantitative estimate of drug-likeness (QED) is 0.431. The Morgan fingerprint density at radius 1 is 1.11 bits per heavy atom. The molecule has 1 aromatic heterocycles. The standard InChI is InChI=1S/C27H40N6O2/c28-26(21-10-7-15-32(19-21)16-14-20-8-2-1-3-9-20)31-27(34)30-23-11-6-12-24-22(23)18-29-33(24)25-13-4-5-17-35-25/h6,11-12,18,20-21,25H,1-5,7-10,13-17,19H2,(H3,28,30,31,34). The molecule has 3 aliphatic rings. The first-order chi connectivity index (χ1) is 17.2. The first-order valence-corrected chi connectivity index (χ1v) is 13.6. The summed E-state index contributed by atoms with van der Waals surface area (Å²) in [5.74, 6) is 1.48. The molecule has 0 spiro atoms. The third kappa shape index (κ3) is 6.04. The summed E-state index contributed by atoms with van der Waals surface area (Å²) >= 11 is 0. The fourth-order valence-corrected chi connectivity index (χ4v) is 6.02. The maximum atomic E-state index is 12.8. The van der Waals surface area contributed by atoms with Crippen molar-refractivity contribution in [3.8, 4) is 0 Å². The Morgan fingerprint density at radius 2 is 1.97 bits per heavy atom. The van der Waals surface area contributed by atoms with Crippen molar-refractivity contribution in [2.24, 2.45) is 22.6 Å². The number of nitrogens with one attached hydrogen (secondary N) is 1. The second-order valence-corrected chi connectivity index (χ2v) is 10.5. The number of amides is 2. The van der Waals surface area contributed by atoms with Crippen LogP contribution in [0.3, 0.4) is 0 Å². The van der Waals surface area contributed by atoms with Crippen molar-refractivity contribution < 1.29 is 9.53 Å². The third-order valence-corrected chi connectivity index (χ3v) is 8.04. The van der Waals surface area contributed by atoms with Gasteiger partial charge in [0, 0.05) is 24.5 Å². The fraction of sp³-hybridized carbons (Fsp3) is 0.667. The molecule has 190 valence electrons. The number of fused-ring (bicyclic) bond motifs is 1. The zero-order valence-electron chi connectivity index (χ0n) is 20.8. The Hall–Kier alpha value is -2.45. The second kappa shape index (κ2) is 11.5. The summed E-state index contributed by atoms with van der Waals surface area (Å²) in [5.41, 5.74) is 8.00. The van der Waals surface area contributed by atoms with Crippen LogP contribution >= 0.6 is 0 Å². The van der Waals surface area contributed by atoms with E-state index in [0.717, 1.165) is 75.2 Å². The first-order valence-electron chi connectivity index (χ1n) is 13.6. The Kier molecular flexibility index (Phi) is 7.99. The van der Waals surface area contributed by atoms with Crippen LogP contribution in [0, 0.1) is 11.8 Å². The number of nitrogens with zero attached hydrogens (tertiary/aromatic N) is 4. The summed E-state index contributed by atoms with van der Waals surface area (Å²) in [7, 11) is 0. The number of urea groups is 1. The number of likely N-dealkylation sites (tertiary alicyclic amines) is 1. The summed E-state index contributed by atoms with van der Waals surface area (Å²) in [6.07, 6.45) is 15.3. The number of nitrogens with two attached hydrogens (primary N) is 1. The zero-order valence-corrected chi connectivity index (χ0v) is 20.8. The minimum absolute atomic E-state index is 0.0479. The molecule has 2 unspecified atom stereocenters. The molecular formula is C27H40N6O2. The number of rotatable bonds is 6. The van der Waals surface area contributed by atoms with Gasteiger partial charge in [0.2, 0.25) is 0 Å². The van der Waals surface area contributed by atoms with E-state index < -0.39 is 6.03 Å². The van der Waals surface area contributed by atoms with Crippen molar-refractivity contribution in [1.82, 2.24) is 14.7 Å². The number of amidine groups is 1. The van der Waals surface area contributed by atoms with Gasteiger partial charge in [0.05, 0.1) is 17.4 Å². The largest absolute Gasteiger partial charge is 0.387 e. The molecule has 5 rings (SSSR count). The average molecular weight is 481 g/mol. The van der Waals surface area contributed by atoms with E-state index in [1.807, 2.05) is 22.9 Å². The van der Waals surface area contributed by atoms with Gasteiger partial charge in [0.15, 0.2) is 6.23 Å². The normalized spacial score (nSPS) is 25.1. The van der Waals surface area contributed by atoms with Crippen LogP contribution in [0.15, 0.2) is 29.4 Å². The molecule has 2 atom stereocenters. The molecule has 2 saturated heterocycles. The molecule has 8 heteroatoms. The van der Waals surface area contributed by atoms with Crippen LogP contribution in [-0.4, -0.2) is 52.8 Å². The molecule has 2 aromatic rings. The number of anilines is 1. The molecule has 0 bridgehead atoms. The lowest BCUT2D eigenvalue weighted by atomic mass is 9.86. The average Bonchev–Trinajstić information content (AvgIpc) is 3.34. The van der Waals surface area contributed by atoms with Gasteiger partial charge in [-0.15, -0.1) is 0 Å². The van der Waals surface area contributed by atoms with E-state index in [-0.39, 0.29) is 12.1 Å². The van der Waals surface area contributed by atoms with Gasteiger partial charge in [0.1, 0.15) is 5.84 Å². The maximum Gasteiger partial charge on any atom is 0.347 e. The molecule has 3 fully saturated rings. The predicted octanol–water partition coefficient (Wildman–Crippen LogP) is 5.31. The number of hydrogen-bond donors (Lipinski definition) is 2. The Morgan fingerprint density at radius 3 is 2.80 bits per heavy atom. The summed E-state index contributed by atoms with van der Waals surface area (Å²) < 4.78 is 7.82. The van der Waals surface area contributed by atoms with Gasteiger partial charge in [0.25, 0.3) is 0 Å². The zero-order chi connectivity index (χ0) is 24.0. The van der Waals surface area contributed by atoms with Gasteiger partial charge >= 0.3 is 6.03 Å². The summed E-state index contributed by atoms with van der Waals surface area (Å²) in [5, 5.41) is 8.38. The number of piperidine rings is 1. The second-order valence-electron chi connectivity index (χ2n) is 10.5. The van der Waals surface area contributed by atoms with E-state index in [4.69, 9.17) is 10.5 Å². The molecule has 35 heavy (non-hydrogen) atoms. The molecule has 2 amide bonds. The van der Waals surface area contributed by atoms with Crippen molar-refractivity contribution >= 4 is 28.5 Å². The maximum absolute atomic E-state index is 12.8. The fourth-order valence-electron chi connectivity index (χ4n) is 6.02. The van der Waals surface area contributed by atoms with Crippen LogP contribution in [-0.2, 0) is 4.74 Å². The van der Waals surface area contributed by atoms with Crippen LogP contribution in [0.2, 0.25) is 0 Å². The minimum Gasteiger partial charge on any atom is -0.387 e. The van der Waals surface area contributed by atoms with E-state index in [1.165, 1.54) is 38.5 Å². The number of carbonyl (C=O) groups is 1. The number of aromatic nitrogens is 2.